The number of ether oxygens (including phenoxy) is 1. The lowest BCUT2D eigenvalue weighted by Crippen LogP contribution is -2.27. The Kier molecular flexibility index (Phi) is 9.32. The topological polar surface area (TPSA) is 115 Å². The summed E-state index contributed by atoms with van der Waals surface area (Å²) in [5.41, 5.74) is 9.27. The maximum Gasteiger partial charge on any atom is 0.355 e. The second-order valence-electron chi connectivity index (χ2n) is 8.82. The van der Waals surface area contributed by atoms with E-state index in [1.807, 2.05) is 78.9 Å². The van der Waals surface area contributed by atoms with Crippen LogP contribution >= 0.6 is 0 Å². The van der Waals surface area contributed by atoms with Crippen molar-refractivity contribution in [3.8, 4) is 16.8 Å². The molecule has 2 N–H and O–H groups in total. The highest BCUT2D eigenvalue weighted by atomic mass is 16.5. The van der Waals surface area contributed by atoms with Gasteiger partial charge in [0.1, 0.15) is 6.29 Å². The molecule has 0 saturated heterocycles. The van der Waals surface area contributed by atoms with E-state index < -0.39 is 11.7 Å². The third-order valence-corrected chi connectivity index (χ3v) is 6.17. The van der Waals surface area contributed by atoms with Crippen LogP contribution in [0.15, 0.2) is 89.3 Å². The number of hydrazine groups is 1. The Bertz CT molecular complexity index is 1630. The predicted molar refractivity (Wildman–Crippen MR) is 156 cm³/mol. The number of anilines is 1. The predicted octanol–water partition coefficient (Wildman–Crippen LogP) is 4.94. The van der Waals surface area contributed by atoms with E-state index in [9.17, 15) is 14.4 Å². The summed E-state index contributed by atoms with van der Waals surface area (Å²) in [5.74, 6) is -0.206. The van der Waals surface area contributed by atoms with Crippen LogP contribution in [0.1, 0.15) is 35.8 Å². The standard InChI is InChI=1S/C24H23N5O3.C7H8O/c1-4-32-23(30)18-15(2)26-22-20(19(18)16-11-7-5-8-12-16)21(28-25-3)27-24(31)29(22)17-13-9-6-10-14-17;8-6-7-4-2-1-3-5-7/h5-14,25H,4H2,1-3H3,(H,27,28,31);2,4-6H,1,3H2. The number of nitrogens with one attached hydrogen (secondary N) is 2. The first-order valence-corrected chi connectivity index (χ1v) is 13.0. The third kappa shape index (κ3) is 6.05. The van der Waals surface area contributed by atoms with E-state index in [1.54, 1.807) is 20.9 Å². The van der Waals surface area contributed by atoms with Gasteiger partial charge in [-0.25, -0.2) is 24.6 Å². The molecule has 0 saturated carbocycles. The van der Waals surface area contributed by atoms with Crippen molar-refractivity contribution in [1.29, 1.82) is 0 Å². The van der Waals surface area contributed by atoms with E-state index >= 15 is 0 Å². The minimum Gasteiger partial charge on any atom is -0.462 e. The van der Waals surface area contributed by atoms with Gasteiger partial charge in [-0.3, -0.25) is 4.79 Å². The molecule has 0 radical (unpaired) electrons. The number of aldehydes is 1. The van der Waals surface area contributed by atoms with Gasteiger partial charge >= 0.3 is 11.7 Å². The van der Waals surface area contributed by atoms with E-state index in [4.69, 9.17) is 9.72 Å². The van der Waals surface area contributed by atoms with E-state index in [-0.39, 0.29) is 12.4 Å². The molecule has 5 rings (SSSR count). The Balaban J connectivity index is 0.000000398. The lowest BCUT2D eigenvalue weighted by atomic mass is 9.95. The largest absolute Gasteiger partial charge is 0.462 e. The number of nitrogens with zero attached hydrogens (tertiary/aromatic N) is 3. The molecule has 1 aliphatic rings. The number of benzene rings is 2. The molecule has 0 spiro atoms. The van der Waals surface area contributed by atoms with Gasteiger partial charge in [-0.05, 0) is 44.4 Å². The number of hydrogen-bond acceptors (Lipinski definition) is 8. The van der Waals surface area contributed by atoms with E-state index in [2.05, 4.69) is 15.8 Å². The van der Waals surface area contributed by atoms with Crippen molar-refractivity contribution in [3.63, 3.8) is 0 Å². The highest BCUT2D eigenvalue weighted by Crippen LogP contribution is 2.36. The first-order valence-electron chi connectivity index (χ1n) is 13.0. The van der Waals surface area contributed by atoms with E-state index in [1.165, 1.54) is 4.57 Å². The highest BCUT2D eigenvalue weighted by molar-refractivity contribution is 6.10. The van der Waals surface area contributed by atoms with Gasteiger partial charge in [0.05, 0.1) is 28.9 Å². The number of aryl methyl sites for hydroxylation is 1. The van der Waals surface area contributed by atoms with Crippen LogP contribution in [0.2, 0.25) is 0 Å². The van der Waals surface area contributed by atoms with Crippen LogP contribution in [0.25, 0.3) is 27.8 Å². The number of carbonyl (C=O) groups is 2. The molecular formula is C31H31N5O4. The van der Waals surface area contributed by atoms with Gasteiger partial charge in [0.2, 0.25) is 0 Å². The first kappa shape index (κ1) is 28.1. The van der Waals surface area contributed by atoms with Crippen LogP contribution in [0.3, 0.4) is 0 Å². The number of para-hydroxylation sites is 1. The van der Waals surface area contributed by atoms with E-state index in [0.29, 0.717) is 33.5 Å². The van der Waals surface area contributed by atoms with Crippen molar-refractivity contribution < 1.29 is 14.3 Å². The lowest BCUT2D eigenvalue weighted by Gasteiger charge is -2.19. The molecule has 0 fully saturated rings. The fourth-order valence-corrected chi connectivity index (χ4v) is 4.45. The molecule has 9 heteroatoms. The average molecular weight is 538 g/mol. The Morgan fingerprint density at radius 2 is 1.75 bits per heavy atom. The summed E-state index contributed by atoms with van der Waals surface area (Å²) >= 11 is 0. The quantitative estimate of drug-likeness (QED) is 0.194. The first-order chi connectivity index (χ1) is 19.5. The monoisotopic (exact) mass is 537 g/mol. The van der Waals surface area contributed by atoms with Crippen molar-refractivity contribution in [2.45, 2.75) is 26.7 Å². The number of aromatic nitrogens is 3. The van der Waals surface area contributed by atoms with Crippen molar-refractivity contribution >= 4 is 29.1 Å². The van der Waals surface area contributed by atoms with Gasteiger partial charge < -0.3 is 10.2 Å². The maximum atomic E-state index is 13.1. The summed E-state index contributed by atoms with van der Waals surface area (Å²) in [7, 11) is 1.67. The molecule has 2 heterocycles. The fourth-order valence-electron chi connectivity index (χ4n) is 4.45. The third-order valence-electron chi connectivity index (χ3n) is 6.17. The molecule has 1 aliphatic carbocycles. The van der Waals surface area contributed by atoms with Crippen molar-refractivity contribution in [1.82, 2.24) is 20.0 Å². The molecule has 2 aromatic heterocycles. The SMILES string of the molecule is CCOC(=O)c1c(C)nc2c(c(NNC)nc(=O)n2-c2ccccc2)c1-c1ccccc1.O=CC1=CCCC=C1. The second-order valence-corrected chi connectivity index (χ2v) is 8.82. The number of fused-ring (bicyclic) bond motifs is 1. The number of carbonyl (C=O) groups excluding carboxylic acids is 2. The van der Waals surface area contributed by atoms with Gasteiger partial charge in [-0.2, -0.15) is 4.98 Å². The van der Waals surface area contributed by atoms with Crippen molar-refractivity contribution in [3.05, 3.63) is 106 Å². The highest BCUT2D eigenvalue weighted by Gasteiger charge is 2.26. The van der Waals surface area contributed by atoms with Gasteiger partial charge in [0.15, 0.2) is 11.5 Å². The number of rotatable bonds is 7. The summed E-state index contributed by atoms with van der Waals surface area (Å²) in [4.78, 5) is 45.1. The molecule has 40 heavy (non-hydrogen) atoms. The van der Waals surface area contributed by atoms with Crippen LogP contribution in [0.5, 0.6) is 0 Å². The average Bonchev–Trinajstić information content (AvgIpc) is 2.98. The van der Waals surface area contributed by atoms with Gasteiger partial charge in [0.25, 0.3) is 0 Å². The van der Waals surface area contributed by atoms with Crippen LogP contribution in [0.4, 0.5) is 5.82 Å². The molecule has 0 aliphatic heterocycles. The molecule has 0 amide bonds. The van der Waals surface area contributed by atoms with Gasteiger partial charge in [-0.1, -0.05) is 66.8 Å². The molecule has 0 atom stereocenters. The lowest BCUT2D eigenvalue weighted by molar-refractivity contribution is -0.104. The zero-order valence-corrected chi connectivity index (χ0v) is 22.7. The van der Waals surface area contributed by atoms with Crippen LogP contribution in [-0.2, 0) is 9.53 Å². The number of hydrogen-bond donors (Lipinski definition) is 2. The Hall–Kier alpha value is -4.89. The molecule has 204 valence electrons. The van der Waals surface area contributed by atoms with Crippen LogP contribution < -0.4 is 16.5 Å². The Morgan fingerprint density at radius 3 is 2.33 bits per heavy atom. The normalized spacial score (nSPS) is 12.2. The zero-order chi connectivity index (χ0) is 28.5. The molecule has 4 aromatic rings. The van der Waals surface area contributed by atoms with Crippen molar-refractivity contribution in [2.24, 2.45) is 0 Å². The van der Waals surface area contributed by atoms with Crippen LogP contribution in [-0.4, -0.2) is 40.4 Å². The fraction of sp³-hybridized carbons (Fsp3) is 0.194. The summed E-state index contributed by atoms with van der Waals surface area (Å²) in [6.07, 6.45) is 8.81. The van der Waals surface area contributed by atoms with Gasteiger partial charge in [0, 0.05) is 18.2 Å². The molecule has 9 nitrogen and oxygen atoms in total. The smallest absolute Gasteiger partial charge is 0.355 e. The van der Waals surface area contributed by atoms with E-state index in [0.717, 1.165) is 30.3 Å². The number of allylic oxidation sites excluding steroid dienone is 4. The summed E-state index contributed by atoms with van der Waals surface area (Å²) in [6, 6.07) is 18.6. The summed E-state index contributed by atoms with van der Waals surface area (Å²) in [5, 5.41) is 0.530. The van der Waals surface area contributed by atoms with Crippen molar-refractivity contribution in [2.75, 3.05) is 19.1 Å². The Labute approximate surface area is 232 Å². The molecule has 0 bridgehead atoms. The zero-order valence-electron chi connectivity index (χ0n) is 22.7. The molecular weight excluding hydrogens is 506 g/mol. The summed E-state index contributed by atoms with van der Waals surface area (Å²) in [6.45, 7) is 3.73. The molecule has 0 unspecified atom stereocenters. The Morgan fingerprint density at radius 1 is 1.05 bits per heavy atom. The minimum atomic E-state index is -0.490. The minimum absolute atomic E-state index is 0.230. The van der Waals surface area contributed by atoms with Gasteiger partial charge in [-0.15, -0.1) is 0 Å². The maximum absolute atomic E-state index is 13.1. The molecule has 2 aromatic carbocycles. The van der Waals surface area contributed by atoms with Crippen LogP contribution in [0, 0.1) is 6.92 Å². The summed E-state index contributed by atoms with van der Waals surface area (Å²) < 4.78 is 6.80. The number of pyridine rings is 1. The second kappa shape index (κ2) is 13.3. The number of esters is 1.